The Balaban J connectivity index is 1.18. The number of furan rings is 1. The normalized spacial score (nSPS) is 13.1. The molecule has 0 radical (unpaired) electrons. The molecule has 2 nitrogen and oxygen atoms in total. The third-order valence-electron chi connectivity index (χ3n) is 12.4. The molecule has 1 aliphatic rings. The second kappa shape index (κ2) is 12.5. The van der Waals surface area contributed by atoms with Crippen LogP contribution >= 0.6 is 11.3 Å². The molecule has 0 saturated carbocycles. The van der Waals surface area contributed by atoms with Crippen molar-refractivity contribution >= 4 is 81.3 Å². The van der Waals surface area contributed by atoms with Gasteiger partial charge in [-0.1, -0.05) is 147 Å². The van der Waals surface area contributed by atoms with Gasteiger partial charge in [0.15, 0.2) is 0 Å². The van der Waals surface area contributed by atoms with E-state index in [0.29, 0.717) is 0 Å². The van der Waals surface area contributed by atoms with Crippen LogP contribution in [0, 0.1) is 0 Å². The van der Waals surface area contributed by atoms with Crippen molar-refractivity contribution < 1.29 is 4.42 Å². The number of rotatable bonds is 5. The highest BCUT2D eigenvalue weighted by Crippen LogP contribution is 2.56. The molecule has 0 bridgehead atoms. The first-order valence-corrected chi connectivity index (χ1v) is 20.8. The monoisotopic (exact) mass is 759 g/mol. The van der Waals surface area contributed by atoms with Gasteiger partial charge >= 0.3 is 0 Å². The van der Waals surface area contributed by atoms with E-state index < -0.39 is 0 Å². The Morgan fingerprint density at radius 3 is 2.12 bits per heavy atom. The Hall–Kier alpha value is -6.94. The van der Waals surface area contributed by atoms with Crippen molar-refractivity contribution in [2.24, 2.45) is 0 Å². The van der Waals surface area contributed by atoms with Gasteiger partial charge in [-0.25, -0.2) is 0 Å². The highest BCUT2D eigenvalue weighted by molar-refractivity contribution is 7.26. The second-order valence-electron chi connectivity index (χ2n) is 16.1. The van der Waals surface area contributed by atoms with Gasteiger partial charge in [0.25, 0.3) is 0 Å². The molecule has 58 heavy (non-hydrogen) atoms. The average molecular weight is 760 g/mol. The minimum atomic E-state index is -0.215. The first-order chi connectivity index (χ1) is 28.5. The molecule has 0 spiro atoms. The molecular weight excluding hydrogens is 723 g/mol. The summed E-state index contributed by atoms with van der Waals surface area (Å²) in [6, 6.07) is 68.9. The fraction of sp³-hybridized carbons (Fsp3) is 0.0545. The minimum Gasteiger partial charge on any atom is -0.456 e. The van der Waals surface area contributed by atoms with E-state index in [4.69, 9.17) is 4.42 Å². The average Bonchev–Trinajstić information content (AvgIpc) is 3.91. The van der Waals surface area contributed by atoms with Crippen LogP contribution in [0.25, 0.3) is 86.3 Å². The second-order valence-corrected chi connectivity index (χ2v) is 17.1. The molecule has 0 N–H and O–H groups in total. The summed E-state index contributed by atoms with van der Waals surface area (Å²) in [5.74, 6) is 0. The van der Waals surface area contributed by atoms with Crippen molar-refractivity contribution in [2.75, 3.05) is 4.90 Å². The van der Waals surface area contributed by atoms with Gasteiger partial charge in [-0.05, 0) is 104 Å². The van der Waals surface area contributed by atoms with Gasteiger partial charge in [0.05, 0.1) is 5.69 Å². The van der Waals surface area contributed by atoms with E-state index in [1.165, 1.54) is 75.5 Å². The van der Waals surface area contributed by atoms with Gasteiger partial charge in [-0.15, -0.1) is 11.3 Å². The SMILES string of the molecule is CC1(C)c2ccccc2-c2c(-c3ccc4ccccc4c3)cc(N(c3ccc4c(c3)oc3ccccc34)c3cccc4sc5c(-c6ccccc6)cccc5c34)cc21. The number of fused-ring (bicyclic) bond motifs is 10. The summed E-state index contributed by atoms with van der Waals surface area (Å²) >= 11 is 1.88. The van der Waals surface area contributed by atoms with Crippen molar-refractivity contribution in [1.29, 1.82) is 0 Å². The van der Waals surface area contributed by atoms with Crippen molar-refractivity contribution in [3.8, 4) is 33.4 Å². The van der Waals surface area contributed by atoms with Crippen LogP contribution < -0.4 is 4.90 Å². The van der Waals surface area contributed by atoms with Crippen molar-refractivity contribution in [3.63, 3.8) is 0 Å². The maximum absolute atomic E-state index is 6.58. The number of thiophene rings is 1. The molecule has 0 unspecified atom stereocenters. The predicted molar refractivity (Wildman–Crippen MR) is 247 cm³/mol. The van der Waals surface area contributed by atoms with Crippen LogP contribution in [0.5, 0.6) is 0 Å². The summed E-state index contributed by atoms with van der Waals surface area (Å²) in [6.07, 6.45) is 0. The van der Waals surface area contributed by atoms with Crippen LogP contribution in [0.3, 0.4) is 0 Å². The van der Waals surface area contributed by atoms with Gasteiger partial charge in [-0.2, -0.15) is 0 Å². The number of benzene rings is 9. The van der Waals surface area contributed by atoms with Crippen LogP contribution in [0.4, 0.5) is 17.1 Å². The number of nitrogens with zero attached hydrogens (tertiary/aromatic N) is 1. The number of hydrogen-bond acceptors (Lipinski definition) is 3. The molecule has 0 atom stereocenters. The lowest BCUT2D eigenvalue weighted by Crippen LogP contribution is -2.17. The van der Waals surface area contributed by atoms with Crippen molar-refractivity contribution in [1.82, 2.24) is 0 Å². The smallest absolute Gasteiger partial charge is 0.137 e. The van der Waals surface area contributed by atoms with Gasteiger partial charge in [0.1, 0.15) is 11.2 Å². The number of para-hydroxylation sites is 1. The largest absolute Gasteiger partial charge is 0.456 e. The van der Waals surface area contributed by atoms with Gasteiger partial charge < -0.3 is 9.32 Å². The summed E-state index contributed by atoms with van der Waals surface area (Å²) < 4.78 is 9.14. The zero-order chi connectivity index (χ0) is 38.5. The minimum absolute atomic E-state index is 0.215. The van der Waals surface area contributed by atoms with E-state index in [9.17, 15) is 0 Å². The summed E-state index contributed by atoms with van der Waals surface area (Å²) in [6.45, 7) is 4.77. The van der Waals surface area contributed by atoms with E-state index in [-0.39, 0.29) is 5.41 Å². The van der Waals surface area contributed by atoms with Crippen molar-refractivity contribution in [3.05, 3.63) is 199 Å². The Morgan fingerprint density at radius 1 is 0.466 bits per heavy atom. The molecule has 11 aromatic rings. The molecule has 1 aliphatic carbocycles. The lowest BCUT2D eigenvalue weighted by Gasteiger charge is -2.30. The summed E-state index contributed by atoms with van der Waals surface area (Å²) in [5.41, 5.74) is 15.1. The van der Waals surface area contributed by atoms with Crippen LogP contribution in [0.2, 0.25) is 0 Å². The Kier molecular flexibility index (Phi) is 7.18. The third kappa shape index (κ3) is 4.90. The van der Waals surface area contributed by atoms with E-state index >= 15 is 0 Å². The zero-order valence-corrected chi connectivity index (χ0v) is 33.0. The van der Waals surface area contributed by atoms with Crippen LogP contribution in [-0.2, 0) is 5.41 Å². The molecule has 9 aromatic carbocycles. The van der Waals surface area contributed by atoms with Gasteiger partial charge in [0.2, 0.25) is 0 Å². The summed E-state index contributed by atoms with van der Waals surface area (Å²) in [4.78, 5) is 2.49. The third-order valence-corrected chi connectivity index (χ3v) is 13.6. The van der Waals surface area contributed by atoms with Crippen LogP contribution in [0.1, 0.15) is 25.0 Å². The number of anilines is 3. The Labute approximate surface area is 340 Å². The lowest BCUT2D eigenvalue weighted by atomic mass is 9.81. The van der Waals surface area contributed by atoms with Crippen LogP contribution in [-0.4, -0.2) is 0 Å². The summed E-state index contributed by atoms with van der Waals surface area (Å²) in [5, 5.41) is 7.24. The maximum atomic E-state index is 6.58. The lowest BCUT2D eigenvalue weighted by molar-refractivity contribution is 0.660. The highest BCUT2D eigenvalue weighted by Gasteiger charge is 2.38. The molecule has 0 aliphatic heterocycles. The standard InChI is InChI=1S/C55H37NOS/c1-55(2)46-22-10-8-19-43(46)52-45(37-27-26-34-14-6-7-17-36(34)30-37)31-39(32-47(52)55)56(38-28-29-42-41-18-9-11-24-49(41)57-50(42)33-38)48-23-13-25-51-53(48)44-21-12-20-40(54(44)58-51)35-15-4-3-5-16-35/h3-33H,1-2H3. The topological polar surface area (TPSA) is 16.4 Å². The van der Waals surface area contributed by atoms with E-state index in [0.717, 1.165) is 39.0 Å². The van der Waals surface area contributed by atoms with E-state index in [1.54, 1.807) is 0 Å². The Morgan fingerprint density at radius 2 is 1.21 bits per heavy atom. The summed E-state index contributed by atoms with van der Waals surface area (Å²) in [7, 11) is 0. The molecule has 2 aromatic heterocycles. The maximum Gasteiger partial charge on any atom is 0.137 e. The van der Waals surface area contributed by atoms with Gasteiger partial charge in [0, 0.05) is 53.8 Å². The fourth-order valence-electron chi connectivity index (χ4n) is 9.66. The van der Waals surface area contributed by atoms with Gasteiger partial charge in [-0.3, -0.25) is 0 Å². The molecule has 12 rings (SSSR count). The quantitative estimate of drug-likeness (QED) is 0.174. The van der Waals surface area contributed by atoms with E-state index in [1.807, 2.05) is 17.4 Å². The molecule has 0 amide bonds. The Bertz CT molecular complexity index is 3440. The zero-order valence-electron chi connectivity index (χ0n) is 32.2. The molecule has 3 heteroatoms. The first kappa shape index (κ1) is 33.2. The molecule has 0 saturated heterocycles. The molecule has 2 heterocycles. The molecule has 274 valence electrons. The molecule has 0 fully saturated rings. The first-order valence-electron chi connectivity index (χ1n) is 20.0. The highest BCUT2D eigenvalue weighted by atomic mass is 32.1. The van der Waals surface area contributed by atoms with E-state index in [2.05, 4.69) is 201 Å². The number of hydrogen-bond donors (Lipinski definition) is 0. The molecular formula is C55H37NOS. The van der Waals surface area contributed by atoms with Crippen LogP contribution in [0.15, 0.2) is 192 Å². The fourth-order valence-corrected chi connectivity index (χ4v) is 10.9. The van der Waals surface area contributed by atoms with Crippen molar-refractivity contribution in [2.45, 2.75) is 19.3 Å². The predicted octanol–water partition coefficient (Wildman–Crippen LogP) is 16.2.